The van der Waals surface area contributed by atoms with Crippen molar-refractivity contribution in [3.05, 3.63) is 34.9 Å². The second-order valence-electron chi connectivity index (χ2n) is 4.58. The van der Waals surface area contributed by atoms with Crippen molar-refractivity contribution in [1.29, 1.82) is 0 Å². The predicted octanol–water partition coefficient (Wildman–Crippen LogP) is 3.86. The van der Waals surface area contributed by atoms with Crippen LogP contribution in [0.2, 0.25) is 0 Å². The Balaban J connectivity index is 3.36. The number of rotatable bonds is 3. The first-order chi connectivity index (χ1) is 9.82. The van der Waals surface area contributed by atoms with E-state index in [9.17, 15) is 35.9 Å². The number of esters is 1. The molecule has 1 aromatic carbocycles. The smallest absolute Gasteiger partial charge is 0.416 e. The molecule has 0 unspecified atom stereocenters. The quantitative estimate of drug-likeness (QED) is 0.366. The molecule has 0 heterocycles. The average Bonchev–Trinajstić information content (AvgIpc) is 2.34. The average molecular weight is 328 g/mol. The molecular formula is C13H10F6O3. The van der Waals surface area contributed by atoms with E-state index < -0.39 is 46.9 Å². The minimum Gasteiger partial charge on any atom is -0.457 e. The fraction of sp³-hybridized carbons (Fsp3) is 0.385. The zero-order valence-electron chi connectivity index (χ0n) is 11.3. The van der Waals surface area contributed by atoms with E-state index in [-0.39, 0.29) is 18.2 Å². The van der Waals surface area contributed by atoms with Crippen LogP contribution in [0.4, 0.5) is 26.3 Å². The van der Waals surface area contributed by atoms with Crippen LogP contribution in [0.25, 0.3) is 0 Å². The van der Waals surface area contributed by atoms with Gasteiger partial charge in [-0.2, -0.15) is 26.3 Å². The summed E-state index contributed by atoms with van der Waals surface area (Å²) in [6, 6.07) is 0.225. The number of ketones is 1. The molecule has 122 valence electrons. The van der Waals surface area contributed by atoms with E-state index >= 15 is 0 Å². The van der Waals surface area contributed by atoms with Crippen molar-refractivity contribution in [1.82, 2.24) is 0 Å². The number of hydrogen-bond acceptors (Lipinski definition) is 3. The molecule has 0 aliphatic carbocycles. The van der Waals surface area contributed by atoms with E-state index in [0.29, 0.717) is 0 Å². The van der Waals surface area contributed by atoms with Crippen LogP contribution in [0.15, 0.2) is 18.2 Å². The van der Waals surface area contributed by atoms with Gasteiger partial charge in [-0.05, 0) is 32.0 Å². The highest BCUT2D eigenvalue weighted by molar-refractivity contribution is 6.40. The van der Waals surface area contributed by atoms with Crippen LogP contribution in [0, 0.1) is 0 Å². The first-order valence-corrected chi connectivity index (χ1v) is 5.87. The van der Waals surface area contributed by atoms with E-state index in [0.717, 1.165) is 0 Å². The van der Waals surface area contributed by atoms with E-state index in [2.05, 4.69) is 4.74 Å². The lowest BCUT2D eigenvalue weighted by molar-refractivity contribution is -0.144. The van der Waals surface area contributed by atoms with Crippen molar-refractivity contribution in [2.75, 3.05) is 0 Å². The Kier molecular flexibility index (Phi) is 4.89. The Bertz CT molecular complexity index is 554. The van der Waals surface area contributed by atoms with Crippen LogP contribution in [0.5, 0.6) is 0 Å². The van der Waals surface area contributed by atoms with Gasteiger partial charge in [-0.25, -0.2) is 4.79 Å². The Hall–Kier alpha value is -2.06. The van der Waals surface area contributed by atoms with E-state index in [1.54, 1.807) is 0 Å². The number of ether oxygens (including phenoxy) is 1. The number of Topliss-reactive ketones (excluding diaryl/α,β-unsaturated/α-hetero) is 1. The fourth-order valence-corrected chi connectivity index (χ4v) is 1.47. The van der Waals surface area contributed by atoms with Gasteiger partial charge in [-0.15, -0.1) is 0 Å². The van der Waals surface area contributed by atoms with Gasteiger partial charge in [-0.3, -0.25) is 4.79 Å². The molecule has 0 bridgehead atoms. The number of carbonyl (C=O) groups is 2. The van der Waals surface area contributed by atoms with Crippen LogP contribution < -0.4 is 0 Å². The number of hydrogen-bond donors (Lipinski definition) is 0. The Morgan fingerprint density at radius 3 is 1.64 bits per heavy atom. The summed E-state index contributed by atoms with van der Waals surface area (Å²) in [5, 5.41) is 0. The topological polar surface area (TPSA) is 43.4 Å². The third-order valence-corrected chi connectivity index (χ3v) is 2.38. The summed E-state index contributed by atoms with van der Waals surface area (Å²) in [4.78, 5) is 23.0. The zero-order chi connectivity index (χ0) is 17.3. The summed E-state index contributed by atoms with van der Waals surface area (Å²) in [6.45, 7) is 2.75. The van der Waals surface area contributed by atoms with E-state index in [4.69, 9.17) is 0 Å². The van der Waals surface area contributed by atoms with Crippen LogP contribution in [-0.2, 0) is 21.9 Å². The molecule has 1 rings (SSSR count). The van der Waals surface area contributed by atoms with Gasteiger partial charge in [0.2, 0.25) is 0 Å². The largest absolute Gasteiger partial charge is 0.457 e. The molecule has 0 fully saturated rings. The normalized spacial score (nSPS) is 12.4. The number of halogens is 6. The summed E-state index contributed by atoms with van der Waals surface area (Å²) in [5.74, 6) is -3.10. The standard InChI is InChI=1S/C13H10F6O3/c1-6(2)22-11(21)10(20)7-3-8(12(14,15)16)5-9(4-7)13(17,18)19/h3-6H,1-2H3. The third-order valence-electron chi connectivity index (χ3n) is 2.38. The van der Waals surface area contributed by atoms with Gasteiger partial charge in [0.25, 0.3) is 5.78 Å². The van der Waals surface area contributed by atoms with Crippen LogP contribution >= 0.6 is 0 Å². The number of benzene rings is 1. The summed E-state index contributed by atoms with van der Waals surface area (Å²) in [7, 11) is 0. The molecule has 0 aliphatic rings. The molecule has 0 atom stereocenters. The second-order valence-corrected chi connectivity index (χ2v) is 4.58. The Labute approximate surface area is 120 Å². The van der Waals surface area contributed by atoms with E-state index in [1.165, 1.54) is 13.8 Å². The molecule has 0 amide bonds. The van der Waals surface area contributed by atoms with Crippen molar-refractivity contribution in [3.63, 3.8) is 0 Å². The maximum atomic E-state index is 12.6. The first-order valence-electron chi connectivity index (χ1n) is 5.87. The third kappa shape index (κ3) is 4.47. The van der Waals surface area contributed by atoms with Gasteiger partial charge in [0.1, 0.15) is 0 Å². The summed E-state index contributed by atoms with van der Waals surface area (Å²) in [5.41, 5.74) is -4.39. The van der Waals surface area contributed by atoms with Crippen molar-refractivity contribution in [2.24, 2.45) is 0 Å². The number of carbonyl (C=O) groups excluding carboxylic acids is 2. The zero-order valence-corrected chi connectivity index (χ0v) is 11.3. The highest BCUT2D eigenvalue weighted by atomic mass is 19.4. The molecule has 0 saturated carbocycles. The van der Waals surface area contributed by atoms with Crippen molar-refractivity contribution in [2.45, 2.75) is 32.3 Å². The van der Waals surface area contributed by atoms with Gasteiger partial charge in [0, 0.05) is 5.56 Å². The molecule has 0 N–H and O–H groups in total. The Morgan fingerprint density at radius 1 is 0.909 bits per heavy atom. The molecule has 0 aliphatic heterocycles. The number of alkyl halides is 6. The van der Waals surface area contributed by atoms with Gasteiger partial charge in [0.15, 0.2) is 0 Å². The lowest BCUT2D eigenvalue weighted by Crippen LogP contribution is -2.22. The summed E-state index contributed by atoms with van der Waals surface area (Å²) < 4.78 is 80.2. The van der Waals surface area contributed by atoms with Crippen molar-refractivity contribution >= 4 is 11.8 Å². The van der Waals surface area contributed by atoms with Gasteiger partial charge in [-0.1, -0.05) is 0 Å². The molecular weight excluding hydrogens is 318 g/mol. The molecule has 9 heteroatoms. The minimum atomic E-state index is -5.10. The van der Waals surface area contributed by atoms with Crippen molar-refractivity contribution in [3.8, 4) is 0 Å². The molecule has 3 nitrogen and oxygen atoms in total. The maximum absolute atomic E-state index is 12.6. The molecule has 0 spiro atoms. The minimum absolute atomic E-state index is 0.134. The molecule has 0 aromatic heterocycles. The molecule has 1 aromatic rings. The van der Waals surface area contributed by atoms with Gasteiger partial charge in [0.05, 0.1) is 17.2 Å². The SMILES string of the molecule is CC(C)OC(=O)C(=O)c1cc(C(F)(F)F)cc(C(F)(F)F)c1. The van der Waals surface area contributed by atoms with Gasteiger partial charge < -0.3 is 4.74 Å². The summed E-state index contributed by atoms with van der Waals surface area (Å²) >= 11 is 0. The highest BCUT2D eigenvalue weighted by Gasteiger charge is 2.38. The first kappa shape index (κ1) is 18.0. The fourth-order valence-electron chi connectivity index (χ4n) is 1.47. The predicted molar refractivity (Wildman–Crippen MR) is 62.0 cm³/mol. The lowest BCUT2D eigenvalue weighted by atomic mass is 10.0. The molecule has 0 saturated heterocycles. The highest BCUT2D eigenvalue weighted by Crippen LogP contribution is 2.36. The second kappa shape index (κ2) is 5.98. The van der Waals surface area contributed by atoms with Crippen molar-refractivity contribution < 1.29 is 40.7 Å². The molecule has 22 heavy (non-hydrogen) atoms. The lowest BCUT2D eigenvalue weighted by Gasteiger charge is -2.14. The molecule has 0 radical (unpaired) electrons. The maximum Gasteiger partial charge on any atom is 0.416 e. The summed E-state index contributed by atoms with van der Waals surface area (Å²) in [6.07, 6.45) is -10.9. The van der Waals surface area contributed by atoms with Crippen LogP contribution in [0.3, 0.4) is 0 Å². The van der Waals surface area contributed by atoms with Crippen LogP contribution in [0.1, 0.15) is 35.3 Å². The van der Waals surface area contributed by atoms with E-state index in [1.807, 2.05) is 0 Å². The van der Waals surface area contributed by atoms with Crippen LogP contribution in [-0.4, -0.2) is 17.9 Å². The Morgan fingerprint density at radius 2 is 1.32 bits per heavy atom. The van der Waals surface area contributed by atoms with Gasteiger partial charge >= 0.3 is 18.3 Å². The monoisotopic (exact) mass is 328 g/mol.